The van der Waals surface area contributed by atoms with Crippen molar-refractivity contribution in [3.63, 3.8) is 0 Å². The van der Waals surface area contributed by atoms with E-state index in [9.17, 15) is 9.90 Å². The van der Waals surface area contributed by atoms with Crippen LogP contribution in [-0.4, -0.2) is 12.1 Å². The van der Waals surface area contributed by atoms with Crippen LogP contribution in [0.5, 0.6) is 5.75 Å². The quantitative estimate of drug-likeness (QED) is 0.625. The third kappa shape index (κ3) is 4.21. The minimum Gasteiger partial charge on any atom is -0.545 e. The second kappa shape index (κ2) is 6.75. The molecule has 0 atom stereocenters. The summed E-state index contributed by atoms with van der Waals surface area (Å²) in [4.78, 5) is 11.3. The molecule has 0 aliphatic heterocycles. The average Bonchev–Trinajstić information content (AvgIpc) is 2.46. The van der Waals surface area contributed by atoms with E-state index in [-0.39, 0.29) is 11.7 Å². The molecule has 3 nitrogen and oxygen atoms in total. The molecule has 0 N–H and O–H groups in total. The Hall–Kier alpha value is -2.55. The van der Waals surface area contributed by atoms with Gasteiger partial charge in [-0.1, -0.05) is 42.5 Å². The highest BCUT2D eigenvalue weighted by atomic mass is 16.5. The first-order valence-electron chi connectivity index (χ1n) is 6.81. The maximum atomic E-state index is 11.3. The number of carboxylic acid groups (broad SMARTS) is 1. The Labute approximate surface area is 124 Å². The van der Waals surface area contributed by atoms with Crippen molar-refractivity contribution in [3.05, 3.63) is 65.7 Å². The van der Waals surface area contributed by atoms with Gasteiger partial charge < -0.3 is 14.6 Å². The van der Waals surface area contributed by atoms with Crippen LogP contribution in [-0.2, 0) is 4.79 Å². The maximum absolute atomic E-state index is 11.3. The van der Waals surface area contributed by atoms with Crippen LogP contribution >= 0.6 is 0 Å². The Morgan fingerprint density at radius 1 is 1.05 bits per heavy atom. The molecule has 0 unspecified atom stereocenters. The van der Waals surface area contributed by atoms with E-state index in [1.54, 1.807) is 30.3 Å². The smallest absolute Gasteiger partial charge is 0.119 e. The van der Waals surface area contributed by atoms with Crippen LogP contribution in [0.3, 0.4) is 0 Å². The molecule has 0 fully saturated rings. The number of aliphatic carboxylic acids is 1. The average molecular weight is 281 g/mol. The van der Waals surface area contributed by atoms with Gasteiger partial charge in [-0.2, -0.15) is 0 Å². The Morgan fingerprint density at radius 2 is 1.67 bits per heavy atom. The first-order valence-corrected chi connectivity index (χ1v) is 6.81. The SMILES string of the molecule is CC(C)Oc1ccc(/C=C(/C(=O)[O-])c2ccccc2)cc1. The lowest BCUT2D eigenvalue weighted by Crippen LogP contribution is -2.23. The second-order valence-corrected chi connectivity index (χ2v) is 4.95. The predicted octanol–water partition coefficient (Wildman–Crippen LogP) is 2.76. The van der Waals surface area contributed by atoms with Crippen LogP contribution in [0.1, 0.15) is 25.0 Å². The molecule has 21 heavy (non-hydrogen) atoms. The monoisotopic (exact) mass is 281 g/mol. The van der Waals surface area contributed by atoms with E-state index in [1.165, 1.54) is 0 Å². The van der Waals surface area contributed by atoms with Crippen molar-refractivity contribution in [1.29, 1.82) is 0 Å². The third-order valence-electron chi connectivity index (χ3n) is 2.87. The number of hydrogen-bond donors (Lipinski definition) is 0. The topological polar surface area (TPSA) is 49.4 Å². The highest BCUT2D eigenvalue weighted by Gasteiger charge is 2.03. The summed E-state index contributed by atoms with van der Waals surface area (Å²) in [6, 6.07) is 16.2. The summed E-state index contributed by atoms with van der Waals surface area (Å²) in [7, 11) is 0. The highest BCUT2D eigenvalue weighted by molar-refractivity contribution is 6.19. The lowest BCUT2D eigenvalue weighted by molar-refractivity contribution is -0.295. The lowest BCUT2D eigenvalue weighted by Gasteiger charge is -2.11. The number of rotatable bonds is 5. The Morgan fingerprint density at radius 3 is 2.19 bits per heavy atom. The number of ether oxygens (including phenoxy) is 1. The van der Waals surface area contributed by atoms with E-state index >= 15 is 0 Å². The molecule has 108 valence electrons. The molecule has 2 rings (SSSR count). The first-order chi connectivity index (χ1) is 10.1. The normalized spacial score (nSPS) is 11.5. The molecular weight excluding hydrogens is 264 g/mol. The fraction of sp³-hybridized carbons (Fsp3) is 0.167. The summed E-state index contributed by atoms with van der Waals surface area (Å²) in [6.07, 6.45) is 1.71. The lowest BCUT2D eigenvalue weighted by atomic mass is 10.0. The van der Waals surface area contributed by atoms with Gasteiger partial charge in [0.1, 0.15) is 5.75 Å². The number of carbonyl (C=O) groups is 1. The summed E-state index contributed by atoms with van der Waals surface area (Å²) in [5, 5.41) is 11.3. The van der Waals surface area contributed by atoms with Gasteiger partial charge in [0.15, 0.2) is 0 Å². The summed E-state index contributed by atoms with van der Waals surface area (Å²) < 4.78 is 5.56. The number of carboxylic acids is 1. The molecule has 0 aromatic heterocycles. The van der Waals surface area contributed by atoms with Gasteiger partial charge >= 0.3 is 0 Å². The van der Waals surface area contributed by atoms with Gasteiger partial charge in [0.05, 0.1) is 12.1 Å². The van der Waals surface area contributed by atoms with Gasteiger partial charge in [0.25, 0.3) is 0 Å². The second-order valence-electron chi connectivity index (χ2n) is 4.95. The minimum atomic E-state index is -1.19. The number of benzene rings is 2. The zero-order valence-corrected chi connectivity index (χ0v) is 12.1. The van der Waals surface area contributed by atoms with Crippen LogP contribution in [0.25, 0.3) is 11.6 Å². The molecule has 0 heterocycles. The van der Waals surface area contributed by atoms with E-state index in [1.807, 2.05) is 44.2 Å². The van der Waals surface area contributed by atoms with Gasteiger partial charge in [-0.15, -0.1) is 0 Å². The molecule has 0 saturated carbocycles. The van der Waals surface area contributed by atoms with Crippen LogP contribution < -0.4 is 9.84 Å². The van der Waals surface area contributed by atoms with E-state index < -0.39 is 5.97 Å². The van der Waals surface area contributed by atoms with Gasteiger partial charge in [-0.3, -0.25) is 0 Å². The summed E-state index contributed by atoms with van der Waals surface area (Å²) in [6.45, 7) is 3.91. The highest BCUT2D eigenvalue weighted by Crippen LogP contribution is 2.20. The Bertz CT molecular complexity index is 625. The number of carbonyl (C=O) groups excluding carboxylic acids is 1. The molecule has 0 bridgehead atoms. The van der Waals surface area contributed by atoms with Crippen molar-refractivity contribution < 1.29 is 14.6 Å². The van der Waals surface area contributed by atoms with Gasteiger partial charge in [0.2, 0.25) is 0 Å². The molecule has 2 aromatic carbocycles. The van der Waals surface area contributed by atoms with E-state index in [4.69, 9.17) is 4.74 Å². The zero-order chi connectivity index (χ0) is 15.2. The van der Waals surface area contributed by atoms with Crippen LogP contribution in [0.4, 0.5) is 0 Å². The summed E-state index contributed by atoms with van der Waals surface area (Å²) >= 11 is 0. The van der Waals surface area contributed by atoms with Gasteiger partial charge in [-0.05, 0) is 43.2 Å². The van der Waals surface area contributed by atoms with Crippen LogP contribution in [0, 0.1) is 0 Å². The van der Waals surface area contributed by atoms with Crippen molar-refractivity contribution in [1.82, 2.24) is 0 Å². The maximum Gasteiger partial charge on any atom is 0.119 e. The zero-order valence-electron chi connectivity index (χ0n) is 12.1. The molecule has 0 saturated heterocycles. The fourth-order valence-corrected chi connectivity index (χ4v) is 1.96. The van der Waals surface area contributed by atoms with Crippen LogP contribution in [0.2, 0.25) is 0 Å². The van der Waals surface area contributed by atoms with Gasteiger partial charge in [-0.25, -0.2) is 0 Å². The number of hydrogen-bond acceptors (Lipinski definition) is 3. The molecule has 0 amide bonds. The molecular formula is C18H17O3-. The standard InChI is InChI=1S/C18H18O3/c1-13(2)21-16-10-8-14(9-11-16)12-17(18(19)20)15-6-4-3-5-7-15/h3-13H,1-2H3,(H,19,20)/p-1/b17-12+. The van der Waals surface area contributed by atoms with Crippen LogP contribution in [0.15, 0.2) is 54.6 Å². The Kier molecular flexibility index (Phi) is 4.77. The molecule has 0 spiro atoms. The predicted molar refractivity (Wildman–Crippen MR) is 81.5 cm³/mol. The van der Waals surface area contributed by atoms with Crippen molar-refractivity contribution >= 4 is 17.6 Å². The molecule has 3 heteroatoms. The summed E-state index contributed by atoms with van der Waals surface area (Å²) in [5.74, 6) is -0.430. The molecule has 0 aliphatic rings. The summed E-state index contributed by atoms with van der Waals surface area (Å²) in [5.41, 5.74) is 1.57. The molecule has 2 aromatic rings. The largest absolute Gasteiger partial charge is 0.545 e. The molecule has 0 aliphatic carbocycles. The van der Waals surface area contributed by atoms with Crippen molar-refractivity contribution in [3.8, 4) is 5.75 Å². The van der Waals surface area contributed by atoms with Crippen molar-refractivity contribution in [2.24, 2.45) is 0 Å². The van der Waals surface area contributed by atoms with Crippen molar-refractivity contribution in [2.45, 2.75) is 20.0 Å². The first kappa shape index (κ1) is 14.9. The molecule has 0 radical (unpaired) electrons. The van der Waals surface area contributed by atoms with E-state index in [0.717, 1.165) is 11.3 Å². The third-order valence-corrected chi connectivity index (χ3v) is 2.87. The fourth-order valence-electron chi connectivity index (χ4n) is 1.96. The van der Waals surface area contributed by atoms with Gasteiger partial charge in [0, 0.05) is 5.57 Å². The minimum absolute atomic E-state index is 0.106. The van der Waals surface area contributed by atoms with E-state index in [2.05, 4.69) is 0 Å². The van der Waals surface area contributed by atoms with Crippen molar-refractivity contribution in [2.75, 3.05) is 0 Å². The van der Waals surface area contributed by atoms with E-state index in [0.29, 0.717) is 5.56 Å². The Balaban J connectivity index is 2.29.